The first-order valence-electron chi connectivity index (χ1n) is 13.0. The van der Waals surface area contributed by atoms with Crippen molar-refractivity contribution in [3.63, 3.8) is 0 Å². The minimum Gasteiger partial charge on any atom is -0.492 e. The summed E-state index contributed by atoms with van der Waals surface area (Å²) in [5.41, 5.74) is 12.5. The van der Waals surface area contributed by atoms with Crippen LogP contribution in [0, 0.1) is 0 Å². The normalized spacial score (nSPS) is 15.3. The predicted octanol–water partition coefficient (Wildman–Crippen LogP) is 5.32. The van der Waals surface area contributed by atoms with Crippen LogP contribution in [0.2, 0.25) is 0 Å². The van der Waals surface area contributed by atoms with Gasteiger partial charge in [-0.15, -0.1) is 0 Å². The molecule has 3 heterocycles. The van der Waals surface area contributed by atoms with Gasteiger partial charge in [0.15, 0.2) is 0 Å². The lowest BCUT2D eigenvalue weighted by Crippen LogP contribution is -2.45. The van der Waals surface area contributed by atoms with Crippen LogP contribution in [0.3, 0.4) is 0 Å². The number of nitrogens with one attached hydrogen (secondary N) is 1. The number of unbranched alkanes of at least 4 members (excludes halogenated alkanes) is 2. The number of hydrogen-bond acceptors (Lipinski definition) is 5. The molecule has 2 aromatic carbocycles. The van der Waals surface area contributed by atoms with Gasteiger partial charge < -0.3 is 20.4 Å². The van der Waals surface area contributed by atoms with Crippen LogP contribution in [0.1, 0.15) is 31.9 Å². The van der Waals surface area contributed by atoms with Crippen LogP contribution in [0.5, 0.6) is 5.75 Å². The third-order valence-corrected chi connectivity index (χ3v) is 7.17. The van der Waals surface area contributed by atoms with Gasteiger partial charge in [0.2, 0.25) is 0 Å². The summed E-state index contributed by atoms with van der Waals surface area (Å²) in [6.07, 6.45) is 4.45. The summed E-state index contributed by atoms with van der Waals surface area (Å²) in [5.74, 6) is 0.920. The SMILES string of the molecule is CCCCCc1nc2[nH]c3ccc(-c4ccc(OCCN5CCN(C)CC5)cc4)cc3c2cc1N. The van der Waals surface area contributed by atoms with Crippen LogP contribution in [0.15, 0.2) is 48.5 Å². The van der Waals surface area contributed by atoms with Crippen LogP contribution in [0.25, 0.3) is 33.1 Å². The molecule has 1 aliphatic rings. The van der Waals surface area contributed by atoms with E-state index in [0.717, 1.165) is 91.2 Å². The molecule has 0 saturated carbocycles. The maximum Gasteiger partial charge on any atom is 0.138 e. The van der Waals surface area contributed by atoms with Gasteiger partial charge in [-0.1, -0.05) is 38.0 Å². The Morgan fingerprint density at radius 2 is 1.71 bits per heavy atom. The van der Waals surface area contributed by atoms with Gasteiger partial charge in [-0.05, 0) is 61.3 Å². The molecule has 0 spiro atoms. The lowest BCUT2D eigenvalue weighted by Gasteiger charge is -2.32. The first kappa shape index (κ1) is 23.6. The number of nitrogen functional groups attached to an aromatic ring is 1. The number of nitrogens with zero attached hydrogens (tertiary/aromatic N) is 3. The topological polar surface area (TPSA) is 70.4 Å². The van der Waals surface area contributed by atoms with E-state index in [0.29, 0.717) is 0 Å². The highest BCUT2D eigenvalue weighted by atomic mass is 16.5. The van der Waals surface area contributed by atoms with Gasteiger partial charge >= 0.3 is 0 Å². The van der Waals surface area contributed by atoms with Crippen LogP contribution >= 0.6 is 0 Å². The highest BCUT2D eigenvalue weighted by Gasteiger charge is 2.14. The quantitative estimate of drug-likeness (QED) is 0.323. The van der Waals surface area contributed by atoms with E-state index in [-0.39, 0.29) is 0 Å². The minimum absolute atomic E-state index is 0.721. The zero-order valence-corrected chi connectivity index (χ0v) is 21.0. The molecule has 3 N–H and O–H groups in total. The number of benzene rings is 2. The lowest BCUT2D eigenvalue weighted by atomic mass is 10.0. The van der Waals surface area contributed by atoms with E-state index in [2.05, 4.69) is 77.3 Å². The first-order chi connectivity index (χ1) is 17.1. The summed E-state index contributed by atoms with van der Waals surface area (Å²) in [5, 5.41) is 2.24. The Kier molecular flexibility index (Phi) is 7.21. The fourth-order valence-corrected chi connectivity index (χ4v) is 4.90. The number of nitrogens with two attached hydrogens (primary N) is 1. The smallest absolute Gasteiger partial charge is 0.138 e. The van der Waals surface area contributed by atoms with Crippen molar-refractivity contribution >= 4 is 27.6 Å². The Hall–Kier alpha value is -3.09. The van der Waals surface area contributed by atoms with Crippen molar-refractivity contribution in [3.05, 3.63) is 54.2 Å². The van der Waals surface area contributed by atoms with Crippen molar-refractivity contribution < 1.29 is 4.74 Å². The fourth-order valence-electron chi connectivity index (χ4n) is 4.90. The van der Waals surface area contributed by atoms with E-state index in [1.165, 1.54) is 24.0 Å². The van der Waals surface area contributed by atoms with Crippen molar-refractivity contribution in [2.45, 2.75) is 32.6 Å². The third-order valence-electron chi connectivity index (χ3n) is 7.17. The summed E-state index contributed by atoms with van der Waals surface area (Å²) < 4.78 is 6.02. The summed E-state index contributed by atoms with van der Waals surface area (Å²) in [6.45, 7) is 8.43. The number of aromatic amines is 1. The maximum absolute atomic E-state index is 6.38. The molecule has 1 saturated heterocycles. The molecule has 0 amide bonds. The van der Waals surface area contributed by atoms with Gasteiger partial charge in [0.05, 0.1) is 11.4 Å². The molecule has 6 heteroatoms. The summed E-state index contributed by atoms with van der Waals surface area (Å²) in [6, 6.07) is 17.0. The number of aryl methyl sites for hydroxylation is 1. The molecular formula is C29H37N5O. The van der Waals surface area contributed by atoms with E-state index in [4.69, 9.17) is 15.5 Å². The molecule has 0 aliphatic carbocycles. The Labute approximate surface area is 208 Å². The number of H-pyrrole nitrogens is 1. The monoisotopic (exact) mass is 471 g/mol. The van der Waals surface area contributed by atoms with Crippen molar-refractivity contribution in [2.75, 3.05) is 52.1 Å². The molecule has 0 bridgehead atoms. The average molecular weight is 472 g/mol. The molecule has 0 unspecified atom stereocenters. The number of hydrogen-bond donors (Lipinski definition) is 2. The number of anilines is 1. The molecule has 1 aliphatic heterocycles. The molecule has 2 aromatic heterocycles. The van der Waals surface area contributed by atoms with Gasteiger partial charge in [0, 0.05) is 49.0 Å². The second-order valence-electron chi connectivity index (χ2n) is 9.78. The standard InChI is InChI=1S/C29H37N5O/c1-3-4-5-6-28-26(30)20-25-24-19-22(9-12-27(24)31-29(25)32-28)21-7-10-23(11-8-21)35-18-17-34-15-13-33(2)14-16-34/h7-12,19-20H,3-6,13-18,30H2,1-2H3,(H,31,32). The number of likely N-dealkylation sites (N-methyl/N-ethyl adjacent to an activating group) is 1. The predicted molar refractivity (Wildman–Crippen MR) is 146 cm³/mol. The van der Waals surface area contributed by atoms with Gasteiger partial charge in [0.25, 0.3) is 0 Å². The molecule has 35 heavy (non-hydrogen) atoms. The van der Waals surface area contributed by atoms with E-state index < -0.39 is 0 Å². The second-order valence-corrected chi connectivity index (χ2v) is 9.78. The number of pyridine rings is 1. The zero-order valence-electron chi connectivity index (χ0n) is 21.0. The first-order valence-corrected chi connectivity index (χ1v) is 13.0. The van der Waals surface area contributed by atoms with Crippen molar-refractivity contribution in [3.8, 4) is 16.9 Å². The number of ether oxygens (including phenoxy) is 1. The van der Waals surface area contributed by atoms with Gasteiger partial charge in [0.1, 0.15) is 18.0 Å². The molecule has 184 valence electrons. The van der Waals surface area contributed by atoms with Crippen LogP contribution < -0.4 is 10.5 Å². The van der Waals surface area contributed by atoms with Crippen molar-refractivity contribution in [1.29, 1.82) is 0 Å². The molecule has 5 rings (SSSR count). The van der Waals surface area contributed by atoms with E-state index in [1.54, 1.807) is 0 Å². The Bertz CT molecular complexity index is 1270. The molecule has 4 aromatic rings. The number of rotatable bonds is 9. The van der Waals surface area contributed by atoms with Crippen molar-refractivity contribution in [2.24, 2.45) is 0 Å². The van der Waals surface area contributed by atoms with Crippen LogP contribution in [0.4, 0.5) is 5.69 Å². The summed E-state index contributed by atoms with van der Waals surface area (Å²) in [4.78, 5) is 13.2. The average Bonchev–Trinajstić information content (AvgIpc) is 3.22. The largest absolute Gasteiger partial charge is 0.492 e. The number of aromatic nitrogens is 2. The molecule has 0 atom stereocenters. The van der Waals surface area contributed by atoms with Crippen LogP contribution in [-0.2, 0) is 6.42 Å². The van der Waals surface area contributed by atoms with E-state index >= 15 is 0 Å². The van der Waals surface area contributed by atoms with Gasteiger partial charge in [-0.25, -0.2) is 4.98 Å². The van der Waals surface area contributed by atoms with E-state index in [9.17, 15) is 0 Å². The Morgan fingerprint density at radius 3 is 2.49 bits per heavy atom. The zero-order chi connectivity index (χ0) is 24.2. The Morgan fingerprint density at radius 1 is 0.943 bits per heavy atom. The minimum atomic E-state index is 0.721. The van der Waals surface area contributed by atoms with Crippen molar-refractivity contribution in [1.82, 2.24) is 19.8 Å². The maximum atomic E-state index is 6.38. The van der Waals surface area contributed by atoms with Crippen LogP contribution in [-0.4, -0.2) is 66.1 Å². The second kappa shape index (κ2) is 10.7. The molecule has 1 fully saturated rings. The lowest BCUT2D eigenvalue weighted by molar-refractivity contribution is 0.134. The summed E-state index contributed by atoms with van der Waals surface area (Å²) >= 11 is 0. The summed E-state index contributed by atoms with van der Waals surface area (Å²) in [7, 11) is 2.18. The molecule has 0 radical (unpaired) electrons. The number of fused-ring (bicyclic) bond motifs is 3. The highest BCUT2D eigenvalue weighted by molar-refractivity contribution is 6.08. The van der Waals surface area contributed by atoms with Gasteiger partial charge in [-0.3, -0.25) is 4.90 Å². The number of piperazine rings is 1. The molecular weight excluding hydrogens is 434 g/mol. The van der Waals surface area contributed by atoms with Gasteiger partial charge in [-0.2, -0.15) is 0 Å². The van der Waals surface area contributed by atoms with E-state index in [1.807, 2.05) is 0 Å². The molecule has 6 nitrogen and oxygen atoms in total. The Balaban J connectivity index is 1.28. The third kappa shape index (κ3) is 5.44. The highest BCUT2D eigenvalue weighted by Crippen LogP contribution is 2.32. The fraction of sp³-hybridized carbons (Fsp3) is 0.414.